The summed E-state index contributed by atoms with van der Waals surface area (Å²) in [6.07, 6.45) is 3.55. The lowest BCUT2D eigenvalue weighted by molar-refractivity contribution is 0.0749. The Balaban J connectivity index is 2.05. The Morgan fingerprint density at radius 1 is 1.29 bits per heavy atom. The van der Waals surface area contributed by atoms with Gasteiger partial charge in [0.1, 0.15) is 0 Å². The summed E-state index contributed by atoms with van der Waals surface area (Å²) in [6, 6.07) is 5.42. The summed E-state index contributed by atoms with van der Waals surface area (Å²) in [7, 11) is 0. The van der Waals surface area contributed by atoms with E-state index in [0.29, 0.717) is 11.3 Å². The third-order valence-electron chi connectivity index (χ3n) is 3.12. The molecule has 1 aromatic carbocycles. The summed E-state index contributed by atoms with van der Waals surface area (Å²) in [5.41, 5.74) is 10.9. The van der Waals surface area contributed by atoms with Crippen LogP contribution in [0, 0.1) is 6.92 Å². The van der Waals surface area contributed by atoms with Gasteiger partial charge in [-0.2, -0.15) is 0 Å². The maximum absolute atomic E-state index is 12.1. The van der Waals surface area contributed by atoms with Crippen LogP contribution < -0.4 is 11.2 Å². The number of benzene rings is 1. The summed E-state index contributed by atoms with van der Waals surface area (Å²) in [5.74, 6) is -0.0586. The average molecular weight is 233 g/mol. The molecule has 0 radical (unpaired) electrons. The maximum Gasteiger partial charge on any atom is 0.265 e. The van der Waals surface area contributed by atoms with Crippen LogP contribution in [0.4, 0.5) is 5.69 Å². The number of piperidine rings is 1. The van der Waals surface area contributed by atoms with E-state index in [1.54, 1.807) is 6.07 Å². The zero-order valence-corrected chi connectivity index (χ0v) is 10.2. The van der Waals surface area contributed by atoms with Crippen molar-refractivity contribution in [1.82, 2.24) is 10.4 Å². The van der Waals surface area contributed by atoms with Crippen LogP contribution in [0.25, 0.3) is 0 Å². The number of amides is 1. The van der Waals surface area contributed by atoms with Gasteiger partial charge in [0.25, 0.3) is 5.91 Å². The second-order valence-electron chi connectivity index (χ2n) is 4.56. The molecule has 0 aliphatic carbocycles. The molecule has 0 spiro atoms. The number of nitrogens with two attached hydrogens (primary N) is 1. The first-order valence-corrected chi connectivity index (χ1v) is 6.09. The fourth-order valence-corrected chi connectivity index (χ4v) is 2.09. The minimum atomic E-state index is -0.0586. The molecule has 0 aromatic heterocycles. The van der Waals surface area contributed by atoms with Crippen molar-refractivity contribution < 1.29 is 4.79 Å². The first kappa shape index (κ1) is 11.9. The lowest BCUT2D eigenvalue weighted by atomic mass is 10.1. The average Bonchev–Trinajstić information content (AvgIpc) is 2.33. The van der Waals surface area contributed by atoms with Crippen LogP contribution in [0.2, 0.25) is 0 Å². The number of nitrogens with zero attached hydrogens (tertiary/aromatic N) is 1. The Labute approximate surface area is 102 Å². The van der Waals surface area contributed by atoms with Crippen molar-refractivity contribution in [2.45, 2.75) is 26.2 Å². The van der Waals surface area contributed by atoms with Gasteiger partial charge in [-0.05, 0) is 37.5 Å². The third kappa shape index (κ3) is 2.97. The number of rotatable bonds is 2. The van der Waals surface area contributed by atoms with Gasteiger partial charge in [-0.1, -0.05) is 12.5 Å². The SMILES string of the molecule is Cc1ccc(N)cc1C(=O)NN1CCCCC1. The van der Waals surface area contributed by atoms with Crippen molar-refractivity contribution in [1.29, 1.82) is 0 Å². The summed E-state index contributed by atoms with van der Waals surface area (Å²) in [6.45, 7) is 3.80. The van der Waals surface area contributed by atoms with Gasteiger partial charge in [-0.15, -0.1) is 0 Å². The van der Waals surface area contributed by atoms with Gasteiger partial charge < -0.3 is 5.73 Å². The van der Waals surface area contributed by atoms with Gasteiger partial charge in [-0.25, -0.2) is 5.01 Å². The highest BCUT2D eigenvalue weighted by atomic mass is 16.2. The number of hydrazine groups is 1. The van der Waals surface area contributed by atoms with Crippen molar-refractivity contribution in [3.63, 3.8) is 0 Å². The van der Waals surface area contributed by atoms with E-state index in [9.17, 15) is 4.79 Å². The lowest BCUT2D eigenvalue weighted by Crippen LogP contribution is -2.45. The van der Waals surface area contributed by atoms with E-state index < -0.39 is 0 Å². The summed E-state index contributed by atoms with van der Waals surface area (Å²) in [5, 5.41) is 1.99. The number of anilines is 1. The first-order chi connectivity index (χ1) is 8.16. The van der Waals surface area contributed by atoms with Crippen LogP contribution >= 0.6 is 0 Å². The Bertz CT molecular complexity index is 411. The molecular formula is C13H19N3O. The standard InChI is InChI=1S/C13H19N3O/c1-10-5-6-11(14)9-12(10)13(17)15-16-7-3-2-4-8-16/h5-6,9H,2-4,7-8,14H2,1H3,(H,15,17). The van der Waals surface area contributed by atoms with E-state index in [0.717, 1.165) is 31.5 Å². The normalized spacial score (nSPS) is 16.8. The minimum Gasteiger partial charge on any atom is -0.399 e. The second kappa shape index (κ2) is 5.19. The van der Waals surface area contributed by atoms with Crippen LogP contribution in [0.15, 0.2) is 18.2 Å². The van der Waals surface area contributed by atoms with Gasteiger partial charge in [0, 0.05) is 24.3 Å². The highest BCUT2D eigenvalue weighted by molar-refractivity contribution is 5.96. The predicted octanol–water partition coefficient (Wildman–Crippen LogP) is 1.71. The van der Waals surface area contributed by atoms with E-state index in [1.165, 1.54) is 6.42 Å². The summed E-state index contributed by atoms with van der Waals surface area (Å²) < 4.78 is 0. The van der Waals surface area contributed by atoms with Crippen molar-refractivity contribution >= 4 is 11.6 Å². The molecule has 1 saturated heterocycles. The van der Waals surface area contributed by atoms with E-state index in [1.807, 2.05) is 24.1 Å². The summed E-state index contributed by atoms with van der Waals surface area (Å²) in [4.78, 5) is 12.1. The fraction of sp³-hybridized carbons (Fsp3) is 0.462. The monoisotopic (exact) mass is 233 g/mol. The largest absolute Gasteiger partial charge is 0.399 e. The Morgan fingerprint density at radius 3 is 2.71 bits per heavy atom. The number of carbonyl (C=O) groups is 1. The van der Waals surface area contributed by atoms with Gasteiger partial charge in [0.05, 0.1) is 0 Å². The molecule has 0 saturated carbocycles. The quantitative estimate of drug-likeness (QED) is 0.764. The Kier molecular flexibility index (Phi) is 3.64. The molecule has 1 aliphatic heterocycles. The molecule has 3 N–H and O–H groups in total. The number of hydrogen-bond donors (Lipinski definition) is 2. The molecule has 0 bridgehead atoms. The van der Waals surface area contributed by atoms with Crippen LogP contribution in [0.1, 0.15) is 35.2 Å². The fourth-order valence-electron chi connectivity index (χ4n) is 2.09. The zero-order chi connectivity index (χ0) is 12.3. The minimum absolute atomic E-state index is 0.0586. The molecule has 4 nitrogen and oxygen atoms in total. The molecule has 1 heterocycles. The number of aryl methyl sites for hydroxylation is 1. The third-order valence-corrected chi connectivity index (χ3v) is 3.12. The topological polar surface area (TPSA) is 58.4 Å². The van der Waals surface area contributed by atoms with E-state index in [-0.39, 0.29) is 5.91 Å². The molecule has 0 atom stereocenters. The highest BCUT2D eigenvalue weighted by Crippen LogP contribution is 2.13. The van der Waals surface area contributed by atoms with Gasteiger partial charge in [-0.3, -0.25) is 10.2 Å². The van der Waals surface area contributed by atoms with Crippen molar-refractivity contribution in [3.8, 4) is 0 Å². The number of hydrogen-bond acceptors (Lipinski definition) is 3. The highest BCUT2D eigenvalue weighted by Gasteiger charge is 2.15. The first-order valence-electron chi connectivity index (χ1n) is 6.09. The number of nitrogens with one attached hydrogen (secondary N) is 1. The van der Waals surface area contributed by atoms with Crippen LogP contribution in [0.5, 0.6) is 0 Å². The molecule has 92 valence electrons. The van der Waals surface area contributed by atoms with E-state index in [4.69, 9.17) is 5.73 Å². The van der Waals surface area contributed by atoms with Gasteiger partial charge in [0.2, 0.25) is 0 Å². The predicted molar refractivity (Wildman–Crippen MR) is 68.5 cm³/mol. The number of nitrogen functional groups attached to an aromatic ring is 1. The van der Waals surface area contributed by atoms with Gasteiger partial charge in [0.15, 0.2) is 0 Å². The lowest BCUT2D eigenvalue weighted by Gasteiger charge is -2.27. The van der Waals surface area contributed by atoms with Crippen molar-refractivity contribution in [2.24, 2.45) is 0 Å². The van der Waals surface area contributed by atoms with Crippen LogP contribution in [-0.4, -0.2) is 24.0 Å². The summed E-state index contributed by atoms with van der Waals surface area (Å²) >= 11 is 0. The molecule has 0 unspecified atom stereocenters. The van der Waals surface area contributed by atoms with Crippen molar-refractivity contribution in [2.75, 3.05) is 18.8 Å². The van der Waals surface area contributed by atoms with Crippen LogP contribution in [-0.2, 0) is 0 Å². The maximum atomic E-state index is 12.1. The molecule has 1 aliphatic rings. The molecule has 1 aromatic rings. The molecule has 2 rings (SSSR count). The van der Waals surface area contributed by atoms with Gasteiger partial charge >= 0.3 is 0 Å². The smallest absolute Gasteiger partial charge is 0.265 e. The van der Waals surface area contributed by atoms with Crippen molar-refractivity contribution in [3.05, 3.63) is 29.3 Å². The molecule has 4 heteroatoms. The Morgan fingerprint density at radius 2 is 2.00 bits per heavy atom. The Hall–Kier alpha value is -1.55. The van der Waals surface area contributed by atoms with E-state index in [2.05, 4.69) is 5.43 Å². The zero-order valence-electron chi connectivity index (χ0n) is 10.2. The molecule has 1 fully saturated rings. The number of carbonyl (C=O) groups excluding carboxylic acids is 1. The molecular weight excluding hydrogens is 214 g/mol. The second-order valence-corrected chi connectivity index (χ2v) is 4.56. The van der Waals surface area contributed by atoms with Crippen LogP contribution in [0.3, 0.4) is 0 Å². The molecule has 17 heavy (non-hydrogen) atoms. The van der Waals surface area contributed by atoms with E-state index >= 15 is 0 Å². The molecule has 1 amide bonds.